The van der Waals surface area contributed by atoms with Gasteiger partial charge in [-0.2, -0.15) is 4.52 Å². The van der Waals surface area contributed by atoms with Gasteiger partial charge in [0.15, 0.2) is 23.0 Å². The van der Waals surface area contributed by atoms with Crippen LogP contribution in [0.25, 0.3) is 17.0 Å². The monoisotopic (exact) mass is 348 g/mol. The van der Waals surface area contributed by atoms with Gasteiger partial charge in [-0.25, -0.2) is 0 Å². The Bertz CT molecular complexity index is 1060. The van der Waals surface area contributed by atoms with Crippen molar-refractivity contribution in [1.29, 1.82) is 0 Å². The highest BCUT2D eigenvalue weighted by atomic mass is 16.5. The Morgan fingerprint density at radius 3 is 2.19 bits per heavy atom. The van der Waals surface area contributed by atoms with Gasteiger partial charge in [-0.1, -0.05) is 24.3 Å². The van der Waals surface area contributed by atoms with Crippen LogP contribution in [0, 0.1) is 0 Å². The van der Waals surface area contributed by atoms with Crippen molar-refractivity contribution in [2.75, 3.05) is 14.2 Å². The Hall–Kier alpha value is -3.61. The molecule has 0 saturated heterocycles. The number of benzene rings is 2. The molecular weight excluding hydrogens is 332 g/mol. The molecule has 2 aromatic heterocycles. The molecule has 0 fully saturated rings. The lowest BCUT2D eigenvalue weighted by molar-refractivity contribution is 0.372. The average molecular weight is 348 g/mol. The second-order valence-electron chi connectivity index (χ2n) is 5.42. The van der Waals surface area contributed by atoms with Crippen molar-refractivity contribution in [2.45, 2.75) is 0 Å². The number of aromatic nitrogens is 4. The molecular formula is C19H16N4O3. The van der Waals surface area contributed by atoms with Crippen LogP contribution in [0.3, 0.4) is 0 Å². The SMILES string of the molecule is COc1ccccc1Oc1ccc2nnc(-c3ccccc3OC)n2n1. The molecule has 0 aliphatic carbocycles. The van der Waals surface area contributed by atoms with E-state index in [1.165, 1.54) is 0 Å². The van der Waals surface area contributed by atoms with E-state index in [4.69, 9.17) is 14.2 Å². The fraction of sp³-hybridized carbons (Fsp3) is 0.105. The molecule has 2 heterocycles. The third kappa shape index (κ3) is 2.79. The maximum Gasteiger partial charge on any atom is 0.237 e. The highest BCUT2D eigenvalue weighted by Crippen LogP contribution is 2.31. The Balaban J connectivity index is 1.78. The van der Waals surface area contributed by atoms with Gasteiger partial charge in [0.1, 0.15) is 5.75 Å². The first-order valence-corrected chi connectivity index (χ1v) is 7.97. The first-order chi connectivity index (χ1) is 12.8. The Labute approximate surface area is 149 Å². The average Bonchev–Trinajstić information content (AvgIpc) is 3.11. The topological polar surface area (TPSA) is 70.8 Å². The fourth-order valence-electron chi connectivity index (χ4n) is 2.64. The molecule has 0 spiro atoms. The second-order valence-corrected chi connectivity index (χ2v) is 5.42. The Morgan fingerprint density at radius 1 is 0.731 bits per heavy atom. The number of hydrogen-bond donors (Lipinski definition) is 0. The molecule has 0 radical (unpaired) electrons. The lowest BCUT2D eigenvalue weighted by Crippen LogP contribution is -1.99. The van der Waals surface area contributed by atoms with Gasteiger partial charge >= 0.3 is 0 Å². The zero-order valence-electron chi connectivity index (χ0n) is 14.3. The first-order valence-electron chi connectivity index (χ1n) is 7.97. The Kier molecular flexibility index (Phi) is 4.10. The maximum atomic E-state index is 5.88. The third-order valence-electron chi connectivity index (χ3n) is 3.87. The lowest BCUT2D eigenvalue weighted by Gasteiger charge is -2.10. The van der Waals surface area contributed by atoms with Crippen molar-refractivity contribution in [1.82, 2.24) is 19.8 Å². The van der Waals surface area contributed by atoms with Crippen LogP contribution < -0.4 is 14.2 Å². The molecule has 0 unspecified atom stereocenters. The van der Waals surface area contributed by atoms with Crippen LogP contribution in [0.5, 0.6) is 23.1 Å². The molecule has 0 aliphatic rings. The number of nitrogens with zero attached hydrogens (tertiary/aromatic N) is 4. The molecule has 2 aromatic carbocycles. The van der Waals surface area contributed by atoms with Crippen LogP contribution in [-0.2, 0) is 0 Å². The molecule has 0 saturated carbocycles. The summed E-state index contributed by atoms with van der Waals surface area (Å²) >= 11 is 0. The quantitative estimate of drug-likeness (QED) is 0.549. The zero-order chi connectivity index (χ0) is 17.9. The van der Waals surface area contributed by atoms with Crippen LogP contribution >= 0.6 is 0 Å². The molecule has 4 aromatic rings. The minimum absolute atomic E-state index is 0.401. The molecule has 0 amide bonds. The van der Waals surface area contributed by atoms with Gasteiger partial charge in [-0.3, -0.25) is 0 Å². The predicted molar refractivity (Wildman–Crippen MR) is 95.8 cm³/mol. The van der Waals surface area contributed by atoms with Gasteiger partial charge in [-0.15, -0.1) is 15.3 Å². The van der Waals surface area contributed by atoms with Crippen LogP contribution in [0.4, 0.5) is 0 Å². The predicted octanol–water partition coefficient (Wildman–Crippen LogP) is 3.60. The van der Waals surface area contributed by atoms with E-state index in [-0.39, 0.29) is 0 Å². The maximum absolute atomic E-state index is 5.88. The summed E-state index contributed by atoms with van der Waals surface area (Å²) in [5.41, 5.74) is 1.41. The molecule has 0 aliphatic heterocycles. The molecule has 0 N–H and O–H groups in total. The van der Waals surface area contributed by atoms with E-state index >= 15 is 0 Å². The minimum Gasteiger partial charge on any atom is -0.496 e. The van der Waals surface area contributed by atoms with E-state index in [2.05, 4.69) is 15.3 Å². The summed E-state index contributed by atoms with van der Waals surface area (Å²) in [7, 11) is 3.21. The van der Waals surface area contributed by atoms with Crippen LogP contribution in [0.15, 0.2) is 60.7 Å². The number of hydrogen-bond acceptors (Lipinski definition) is 6. The number of para-hydroxylation sites is 3. The largest absolute Gasteiger partial charge is 0.496 e. The van der Waals surface area contributed by atoms with E-state index in [1.54, 1.807) is 30.9 Å². The summed E-state index contributed by atoms with van der Waals surface area (Å²) < 4.78 is 18.2. The highest BCUT2D eigenvalue weighted by Gasteiger charge is 2.15. The van der Waals surface area contributed by atoms with Gasteiger partial charge < -0.3 is 14.2 Å². The number of fused-ring (bicyclic) bond motifs is 1. The minimum atomic E-state index is 0.401. The van der Waals surface area contributed by atoms with E-state index in [9.17, 15) is 0 Å². The van der Waals surface area contributed by atoms with Crippen LogP contribution in [0.1, 0.15) is 0 Å². The molecule has 130 valence electrons. The van der Waals surface area contributed by atoms with Gasteiger partial charge in [0, 0.05) is 6.07 Å². The summed E-state index contributed by atoms with van der Waals surface area (Å²) in [6.45, 7) is 0. The number of rotatable bonds is 5. The molecule has 0 atom stereocenters. The first kappa shape index (κ1) is 15.9. The zero-order valence-corrected chi connectivity index (χ0v) is 14.3. The molecule has 0 bridgehead atoms. The lowest BCUT2D eigenvalue weighted by atomic mass is 10.2. The van der Waals surface area contributed by atoms with Gasteiger partial charge in [0.2, 0.25) is 5.88 Å². The smallest absolute Gasteiger partial charge is 0.237 e. The fourth-order valence-corrected chi connectivity index (χ4v) is 2.64. The van der Waals surface area contributed by atoms with Crippen molar-refractivity contribution in [3.05, 3.63) is 60.7 Å². The van der Waals surface area contributed by atoms with E-state index < -0.39 is 0 Å². The summed E-state index contributed by atoms with van der Waals surface area (Å²) in [6.07, 6.45) is 0. The summed E-state index contributed by atoms with van der Waals surface area (Å²) in [5, 5.41) is 12.9. The molecule has 26 heavy (non-hydrogen) atoms. The van der Waals surface area contributed by atoms with Gasteiger partial charge in [-0.05, 0) is 30.3 Å². The van der Waals surface area contributed by atoms with Crippen molar-refractivity contribution in [3.63, 3.8) is 0 Å². The number of methoxy groups -OCH3 is 2. The van der Waals surface area contributed by atoms with E-state index in [1.807, 2.05) is 48.5 Å². The van der Waals surface area contributed by atoms with E-state index in [0.717, 1.165) is 5.56 Å². The number of ether oxygens (including phenoxy) is 3. The normalized spacial score (nSPS) is 10.7. The van der Waals surface area contributed by atoms with Gasteiger partial charge in [0.25, 0.3) is 0 Å². The molecule has 7 nitrogen and oxygen atoms in total. The molecule has 7 heteroatoms. The molecule has 4 rings (SSSR count). The summed E-state index contributed by atoms with van der Waals surface area (Å²) in [6, 6.07) is 18.5. The standard InChI is InChI=1S/C19H16N4O3/c1-24-14-8-4-3-7-13(14)19-21-20-17-11-12-18(22-23(17)19)26-16-10-6-5-9-15(16)25-2/h3-12H,1-2H3. The third-order valence-corrected chi connectivity index (χ3v) is 3.87. The van der Waals surface area contributed by atoms with Crippen molar-refractivity contribution in [2.24, 2.45) is 0 Å². The second kappa shape index (κ2) is 6.72. The Morgan fingerprint density at radius 2 is 1.42 bits per heavy atom. The van der Waals surface area contributed by atoms with Crippen molar-refractivity contribution in [3.8, 4) is 34.5 Å². The summed E-state index contributed by atoms with van der Waals surface area (Å²) in [5.74, 6) is 2.87. The van der Waals surface area contributed by atoms with E-state index in [0.29, 0.717) is 34.6 Å². The van der Waals surface area contributed by atoms with Crippen molar-refractivity contribution < 1.29 is 14.2 Å². The summed E-state index contributed by atoms with van der Waals surface area (Å²) in [4.78, 5) is 0. The highest BCUT2D eigenvalue weighted by molar-refractivity contribution is 5.66. The van der Waals surface area contributed by atoms with Crippen LogP contribution in [-0.4, -0.2) is 34.0 Å². The van der Waals surface area contributed by atoms with Crippen molar-refractivity contribution >= 4 is 5.65 Å². The van der Waals surface area contributed by atoms with Crippen LogP contribution in [0.2, 0.25) is 0 Å². The van der Waals surface area contributed by atoms with Gasteiger partial charge in [0.05, 0.1) is 19.8 Å².